The molecule has 4 heteroatoms. The highest BCUT2D eigenvalue weighted by Gasteiger charge is 2.24. The summed E-state index contributed by atoms with van der Waals surface area (Å²) in [6.45, 7) is 5.24. The van der Waals surface area contributed by atoms with Crippen LogP contribution in [0.15, 0.2) is 24.3 Å². The second-order valence-electron chi connectivity index (χ2n) is 5.44. The molecule has 0 saturated carbocycles. The second-order valence-corrected chi connectivity index (χ2v) is 5.44. The molecule has 1 saturated heterocycles. The number of benzene rings is 1. The van der Waals surface area contributed by atoms with E-state index in [-0.39, 0.29) is 5.91 Å². The minimum absolute atomic E-state index is 0.374. The standard InChI is InChI=1S/C15H23N3O/c1-11-5-3-6-12(2)18(11)17-10-13-7-4-8-14(9-13)15(16)19/h4,7-9,11-12,17H,3,5-6,10H2,1-2H3,(H2,16,19). The molecule has 0 aromatic heterocycles. The topological polar surface area (TPSA) is 58.4 Å². The van der Waals surface area contributed by atoms with Crippen molar-refractivity contribution in [2.75, 3.05) is 0 Å². The number of nitrogens with one attached hydrogen (secondary N) is 1. The zero-order valence-corrected chi connectivity index (χ0v) is 11.7. The summed E-state index contributed by atoms with van der Waals surface area (Å²) in [5.41, 5.74) is 10.4. The molecule has 1 heterocycles. The van der Waals surface area contributed by atoms with Crippen molar-refractivity contribution in [2.24, 2.45) is 5.73 Å². The first kappa shape index (κ1) is 14.0. The van der Waals surface area contributed by atoms with E-state index in [4.69, 9.17) is 5.73 Å². The Balaban J connectivity index is 1.98. The Morgan fingerprint density at radius 2 is 2.05 bits per heavy atom. The average molecular weight is 261 g/mol. The van der Waals surface area contributed by atoms with Gasteiger partial charge in [-0.2, -0.15) is 0 Å². The predicted octanol–water partition coefficient (Wildman–Crippen LogP) is 2.05. The van der Waals surface area contributed by atoms with Gasteiger partial charge in [-0.3, -0.25) is 10.2 Å². The fourth-order valence-corrected chi connectivity index (χ4v) is 2.75. The molecule has 0 radical (unpaired) electrons. The van der Waals surface area contributed by atoms with Crippen LogP contribution < -0.4 is 11.2 Å². The van der Waals surface area contributed by atoms with Crippen molar-refractivity contribution in [1.29, 1.82) is 0 Å². The normalized spacial score (nSPS) is 24.3. The van der Waals surface area contributed by atoms with Gasteiger partial charge in [-0.1, -0.05) is 18.6 Å². The number of rotatable bonds is 4. The molecule has 1 fully saturated rings. The smallest absolute Gasteiger partial charge is 0.248 e. The van der Waals surface area contributed by atoms with Gasteiger partial charge in [0.2, 0.25) is 5.91 Å². The Labute approximate surface area is 114 Å². The maximum absolute atomic E-state index is 11.2. The first-order valence-electron chi connectivity index (χ1n) is 6.98. The van der Waals surface area contributed by atoms with Gasteiger partial charge in [0, 0.05) is 24.2 Å². The molecule has 2 atom stereocenters. The van der Waals surface area contributed by atoms with Crippen LogP contribution in [0.3, 0.4) is 0 Å². The Morgan fingerprint density at radius 1 is 1.37 bits per heavy atom. The van der Waals surface area contributed by atoms with Crippen molar-refractivity contribution in [3.05, 3.63) is 35.4 Å². The number of nitrogens with zero attached hydrogens (tertiary/aromatic N) is 1. The summed E-state index contributed by atoms with van der Waals surface area (Å²) in [6, 6.07) is 8.61. The molecule has 19 heavy (non-hydrogen) atoms. The molecule has 0 bridgehead atoms. The molecule has 1 aliphatic rings. The summed E-state index contributed by atoms with van der Waals surface area (Å²) in [5.74, 6) is -0.374. The average Bonchev–Trinajstić information content (AvgIpc) is 2.38. The van der Waals surface area contributed by atoms with Crippen molar-refractivity contribution in [3.8, 4) is 0 Å². The lowest BCUT2D eigenvalue weighted by molar-refractivity contribution is 0.0435. The van der Waals surface area contributed by atoms with Crippen LogP contribution in [0, 0.1) is 0 Å². The molecule has 2 unspecified atom stereocenters. The van der Waals surface area contributed by atoms with Crippen LogP contribution in [0.25, 0.3) is 0 Å². The third kappa shape index (κ3) is 3.55. The molecule has 0 spiro atoms. The molecule has 104 valence electrons. The van der Waals surface area contributed by atoms with Crippen LogP contribution in [0.4, 0.5) is 0 Å². The van der Waals surface area contributed by atoms with Crippen LogP contribution in [-0.4, -0.2) is 23.0 Å². The van der Waals surface area contributed by atoms with Gasteiger partial charge in [0.15, 0.2) is 0 Å². The highest BCUT2D eigenvalue weighted by atomic mass is 16.1. The minimum Gasteiger partial charge on any atom is -0.366 e. The zero-order chi connectivity index (χ0) is 13.8. The molecule has 0 aliphatic carbocycles. The van der Waals surface area contributed by atoms with E-state index in [0.717, 1.165) is 12.1 Å². The number of amides is 1. The Bertz CT molecular complexity index is 437. The number of hydrogen-bond donors (Lipinski definition) is 2. The monoisotopic (exact) mass is 261 g/mol. The van der Waals surface area contributed by atoms with Gasteiger partial charge in [0.25, 0.3) is 0 Å². The molecule has 1 aliphatic heterocycles. The van der Waals surface area contributed by atoms with Crippen molar-refractivity contribution in [3.63, 3.8) is 0 Å². The van der Waals surface area contributed by atoms with Crippen LogP contribution in [0.2, 0.25) is 0 Å². The molecule has 1 aromatic rings. The molecular formula is C15H23N3O. The lowest BCUT2D eigenvalue weighted by Gasteiger charge is -2.39. The van der Waals surface area contributed by atoms with E-state index < -0.39 is 0 Å². The quantitative estimate of drug-likeness (QED) is 0.872. The fraction of sp³-hybridized carbons (Fsp3) is 0.533. The maximum Gasteiger partial charge on any atom is 0.248 e. The summed E-state index contributed by atoms with van der Waals surface area (Å²) in [7, 11) is 0. The van der Waals surface area contributed by atoms with E-state index in [1.807, 2.05) is 18.2 Å². The molecule has 3 N–H and O–H groups in total. The molecular weight excluding hydrogens is 238 g/mol. The number of carbonyl (C=O) groups excluding carboxylic acids is 1. The summed E-state index contributed by atoms with van der Waals surface area (Å²) in [5, 5.41) is 2.33. The van der Waals surface area contributed by atoms with E-state index >= 15 is 0 Å². The Morgan fingerprint density at radius 3 is 2.68 bits per heavy atom. The summed E-state index contributed by atoms with van der Waals surface area (Å²) in [6.07, 6.45) is 3.77. The van der Waals surface area contributed by atoms with Gasteiger partial charge < -0.3 is 5.73 Å². The summed E-state index contributed by atoms with van der Waals surface area (Å²) >= 11 is 0. The first-order chi connectivity index (χ1) is 9.08. The van der Waals surface area contributed by atoms with E-state index in [1.54, 1.807) is 6.07 Å². The summed E-state index contributed by atoms with van der Waals surface area (Å²) in [4.78, 5) is 11.2. The lowest BCUT2D eigenvalue weighted by Crippen LogP contribution is -2.51. The molecule has 2 rings (SSSR count). The first-order valence-corrected chi connectivity index (χ1v) is 6.98. The van der Waals surface area contributed by atoms with Gasteiger partial charge in [-0.05, 0) is 44.4 Å². The summed E-state index contributed by atoms with van der Waals surface area (Å²) < 4.78 is 0. The number of hydrazine groups is 1. The Kier molecular flexibility index (Phi) is 4.56. The number of piperidine rings is 1. The van der Waals surface area contributed by atoms with Gasteiger partial charge in [0.1, 0.15) is 0 Å². The number of nitrogens with two attached hydrogens (primary N) is 1. The van der Waals surface area contributed by atoms with Crippen LogP contribution >= 0.6 is 0 Å². The van der Waals surface area contributed by atoms with Crippen molar-refractivity contribution in [2.45, 2.75) is 51.7 Å². The number of hydrogen-bond acceptors (Lipinski definition) is 3. The fourth-order valence-electron chi connectivity index (χ4n) is 2.75. The second kappa shape index (κ2) is 6.17. The predicted molar refractivity (Wildman–Crippen MR) is 76.4 cm³/mol. The van der Waals surface area contributed by atoms with E-state index in [0.29, 0.717) is 17.6 Å². The van der Waals surface area contributed by atoms with Crippen molar-refractivity contribution >= 4 is 5.91 Å². The SMILES string of the molecule is CC1CCCC(C)N1NCc1cccc(C(N)=O)c1. The lowest BCUT2D eigenvalue weighted by atomic mass is 10.00. The van der Waals surface area contributed by atoms with Gasteiger partial charge in [-0.15, -0.1) is 0 Å². The van der Waals surface area contributed by atoms with Gasteiger partial charge in [0.05, 0.1) is 0 Å². The highest BCUT2D eigenvalue weighted by molar-refractivity contribution is 5.92. The van der Waals surface area contributed by atoms with Gasteiger partial charge >= 0.3 is 0 Å². The van der Waals surface area contributed by atoms with E-state index in [2.05, 4.69) is 24.3 Å². The number of carbonyl (C=O) groups is 1. The molecule has 1 amide bonds. The highest BCUT2D eigenvalue weighted by Crippen LogP contribution is 2.20. The van der Waals surface area contributed by atoms with Crippen LogP contribution in [0.1, 0.15) is 49.0 Å². The molecule has 1 aromatic carbocycles. The molecule has 4 nitrogen and oxygen atoms in total. The largest absolute Gasteiger partial charge is 0.366 e. The van der Waals surface area contributed by atoms with E-state index in [9.17, 15) is 4.79 Å². The minimum atomic E-state index is -0.374. The maximum atomic E-state index is 11.2. The number of primary amides is 1. The third-order valence-corrected chi connectivity index (χ3v) is 3.87. The zero-order valence-electron chi connectivity index (χ0n) is 11.7. The third-order valence-electron chi connectivity index (χ3n) is 3.87. The van der Waals surface area contributed by atoms with Gasteiger partial charge in [-0.25, -0.2) is 5.01 Å². The van der Waals surface area contributed by atoms with Crippen LogP contribution in [-0.2, 0) is 6.54 Å². The Hall–Kier alpha value is -1.39. The van der Waals surface area contributed by atoms with Crippen molar-refractivity contribution < 1.29 is 4.79 Å². The van der Waals surface area contributed by atoms with Crippen molar-refractivity contribution in [1.82, 2.24) is 10.4 Å². The van der Waals surface area contributed by atoms with E-state index in [1.165, 1.54) is 19.3 Å². The van der Waals surface area contributed by atoms with Crippen LogP contribution in [0.5, 0.6) is 0 Å².